The summed E-state index contributed by atoms with van der Waals surface area (Å²) in [7, 11) is 0. The maximum absolute atomic E-state index is 12.5. The molecule has 8 nitrogen and oxygen atoms in total. The van der Waals surface area contributed by atoms with E-state index in [-0.39, 0.29) is 23.5 Å². The summed E-state index contributed by atoms with van der Waals surface area (Å²) in [4.78, 5) is 37.0. The number of benzene rings is 1. The van der Waals surface area contributed by atoms with Gasteiger partial charge >= 0.3 is 0 Å². The van der Waals surface area contributed by atoms with E-state index in [1.807, 2.05) is 20.8 Å². The third-order valence-corrected chi connectivity index (χ3v) is 4.79. The van der Waals surface area contributed by atoms with Crippen molar-refractivity contribution in [1.29, 1.82) is 0 Å². The Balaban J connectivity index is 1.90. The molecule has 1 aromatic heterocycles. The highest BCUT2D eigenvalue weighted by Crippen LogP contribution is 2.18. The Hall–Kier alpha value is -2.81. The number of nitrogens with one attached hydrogen (secondary N) is 3. The van der Waals surface area contributed by atoms with Crippen molar-refractivity contribution in [2.75, 3.05) is 16.4 Å². The van der Waals surface area contributed by atoms with Gasteiger partial charge in [-0.05, 0) is 46.8 Å². The SMILES string of the molecule is Cc1cc(NC(=O)C(C)SCC(=O)Nc2ccccc2C(=O)NC(C)(C)C)no1. The van der Waals surface area contributed by atoms with Crippen LogP contribution in [-0.2, 0) is 9.59 Å². The van der Waals surface area contributed by atoms with Crippen LogP contribution in [0.1, 0.15) is 43.8 Å². The Labute approximate surface area is 174 Å². The number of aryl methyl sites for hydroxylation is 1. The molecule has 1 unspecified atom stereocenters. The Bertz CT molecular complexity index is 889. The summed E-state index contributed by atoms with van der Waals surface area (Å²) in [6, 6.07) is 8.41. The zero-order chi connectivity index (χ0) is 21.6. The van der Waals surface area contributed by atoms with Crippen LogP contribution in [0.4, 0.5) is 11.5 Å². The van der Waals surface area contributed by atoms with Crippen molar-refractivity contribution in [1.82, 2.24) is 10.5 Å². The van der Waals surface area contributed by atoms with Crippen molar-refractivity contribution in [3.05, 3.63) is 41.7 Å². The van der Waals surface area contributed by atoms with Gasteiger partial charge in [0.2, 0.25) is 11.8 Å². The van der Waals surface area contributed by atoms with E-state index >= 15 is 0 Å². The van der Waals surface area contributed by atoms with Gasteiger partial charge in [0.15, 0.2) is 5.82 Å². The van der Waals surface area contributed by atoms with Crippen molar-refractivity contribution in [2.24, 2.45) is 0 Å². The summed E-state index contributed by atoms with van der Waals surface area (Å²) in [6.07, 6.45) is 0. The van der Waals surface area contributed by atoms with Crippen molar-refractivity contribution >= 4 is 41.0 Å². The third-order valence-electron chi connectivity index (χ3n) is 3.65. The minimum atomic E-state index is -0.475. The quantitative estimate of drug-likeness (QED) is 0.636. The van der Waals surface area contributed by atoms with Gasteiger partial charge in [-0.15, -0.1) is 11.8 Å². The first kappa shape index (κ1) is 22.5. The smallest absolute Gasteiger partial charge is 0.253 e. The molecule has 0 radical (unpaired) electrons. The molecule has 156 valence electrons. The highest BCUT2D eigenvalue weighted by Gasteiger charge is 2.20. The maximum atomic E-state index is 12.5. The van der Waals surface area contributed by atoms with Gasteiger partial charge in [-0.25, -0.2) is 0 Å². The zero-order valence-electron chi connectivity index (χ0n) is 17.2. The summed E-state index contributed by atoms with van der Waals surface area (Å²) in [5.41, 5.74) is 0.415. The number of carbonyl (C=O) groups excluding carboxylic acids is 3. The molecular formula is C20H26N4O4S. The standard InChI is InChI=1S/C20H26N4O4S/c1-12-10-16(24-28-12)22-18(26)13(2)29-11-17(25)21-15-9-7-6-8-14(15)19(27)23-20(3,4)5/h6-10,13H,11H2,1-5H3,(H,21,25)(H,23,27)(H,22,24,26). The minimum Gasteiger partial charge on any atom is -0.360 e. The van der Waals surface area contributed by atoms with Crippen LogP contribution in [0.15, 0.2) is 34.9 Å². The normalized spacial score (nSPS) is 12.2. The van der Waals surface area contributed by atoms with Gasteiger partial charge in [0, 0.05) is 11.6 Å². The second-order valence-electron chi connectivity index (χ2n) is 7.56. The highest BCUT2D eigenvalue weighted by molar-refractivity contribution is 8.01. The van der Waals surface area contributed by atoms with E-state index in [4.69, 9.17) is 4.52 Å². The molecule has 0 aliphatic rings. The number of nitrogens with zero attached hydrogens (tertiary/aromatic N) is 1. The lowest BCUT2D eigenvalue weighted by molar-refractivity contribution is -0.115. The van der Waals surface area contributed by atoms with Gasteiger partial charge in [0.25, 0.3) is 5.91 Å². The van der Waals surface area contributed by atoms with E-state index in [9.17, 15) is 14.4 Å². The van der Waals surface area contributed by atoms with Crippen LogP contribution in [0.2, 0.25) is 0 Å². The molecule has 1 heterocycles. The molecule has 0 spiro atoms. The lowest BCUT2D eigenvalue weighted by Gasteiger charge is -2.21. The highest BCUT2D eigenvalue weighted by atomic mass is 32.2. The fourth-order valence-electron chi connectivity index (χ4n) is 2.31. The average molecular weight is 419 g/mol. The number of hydrogen-bond donors (Lipinski definition) is 3. The first-order valence-electron chi connectivity index (χ1n) is 9.12. The van der Waals surface area contributed by atoms with Crippen LogP contribution in [0.3, 0.4) is 0 Å². The molecule has 1 atom stereocenters. The number of anilines is 2. The van der Waals surface area contributed by atoms with Crippen molar-refractivity contribution in [3.63, 3.8) is 0 Å². The second kappa shape index (κ2) is 9.60. The number of para-hydroxylation sites is 1. The van der Waals surface area contributed by atoms with E-state index in [1.165, 1.54) is 11.8 Å². The van der Waals surface area contributed by atoms with Gasteiger partial charge in [0.05, 0.1) is 22.3 Å². The molecule has 0 aliphatic heterocycles. The molecular weight excluding hydrogens is 392 g/mol. The molecule has 0 aliphatic carbocycles. The van der Waals surface area contributed by atoms with Crippen LogP contribution in [0.5, 0.6) is 0 Å². The van der Waals surface area contributed by atoms with E-state index in [1.54, 1.807) is 44.2 Å². The van der Waals surface area contributed by atoms with Gasteiger partial charge in [-0.2, -0.15) is 0 Å². The topological polar surface area (TPSA) is 113 Å². The molecule has 0 saturated carbocycles. The van der Waals surface area contributed by atoms with Crippen LogP contribution < -0.4 is 16.0 Å². The Morgan fingerprint density at radius 2 is 1.86 bits per heavy atom. The molecule has 2 rings (SSSR count). The van der Waals surface area contributed by atoms with Gasteiger partial charge < -0.3 is 20.5 Å². The van der Waals surface area contributed by atoms with E-state index in [2.05, 4.69) is 21.1 Å². The average Bonchev–Trinajstić information content (AvgIpc) is 3.03. The van der Waals surface area contributed by atoms with Crippen LogP contribution in [-0.4, -0.2) is 39.4 Å². The summed E-state index contributed by atoms with van der Waals surface area (Å²) in [5, 5.41) is 11.5. The lowest BCUT2D eigenvalue weighted by atomic mass is 10.1. The van der Waals surface area contributed by atoms with Crippen molar-refractivity contribution in [2.45, 2.75) is 45.4 Å². The first-order valence-corrected chi connectivity index (χ1v) is 10.2. The third kappa shape index (κ3) is 7.26. The zero-order valence-corrected chi connectivity index (χ0v) is 18.0. The summed E-state index contributed by atoms with van der Waals surface area (Å²) < 4.78 is 4.90. The number of amides is 3. The second-order valence-corrected chi connectivity index (χ2v) is 8.89. The van der Waals surface area contributed by atoms with Crippen LogP contribution >= 0.6 is 11.8 Å². The van der Waals surface area contributed by atoms with Crippen molar-refractivity contribution in [3.8, 4) is 0 Å². The Morgan fingerprint density at radius 1 is 1.17 bits per heavy atom. The number of aromatic nitrogens is 1. The largest absolute Gasteiger partial charge is 0.360 e. The van der Waals surface area contributed by atoms with E-state index in [0.717, 1.165) is 0 Å². The summed E-state index contributed by atoms with van der Waals surface area (Å²) in [6.45, 7) is 9.08. The van der Waals surface area contributed by atoms with E-state index < -0.39 is 10.8 Å². The van der Waals surface area contributed by atoms with Crippen LogP contribution in [0.25, 0.3) is 0 Å². The summed E-state index contributed by atoms with van der Waals surface area (Å²) in [5.74, 6) is 0.139. The van der Waals surface area contributed by atoms with Gasteiger partial charge in [0.1, 0.15) is 5.76 Å². The number of carbonyl (C=O) groups is 3. The molecule has 9 heteroatoms. The lowest BCUT2D eigenvalue weighted by Crippen LogP contribution is -2.40. The maximum Gasteiger partial charge on any atom is 0.253 e. The first-order chi connectivity index (χ1) is 13.5. The fraction of sp³-hybridized carbons (Fsp3) is 0.400. The summed E-state index contributed by atoms with van der Waals surface area (Å²) >= 11 is 1.18. The molecule has 3 N–H and O–H groups in total. The molecule has 1 aromatic carbocycles. The predicted octanol–water partition coefficient (Wildman–Crippen LogP) is 3.21. The van der Waals surface area contributed by atoms with Gasteiger partial charge in [-0.3, -0.25) is 14.4 Å². The number of thioether (sulfide) groups is 1. The van der Waals surface area contributed by atoms with Crippen LogP contribution in [0, 0.1) is 6.92 Å². The molecule has 0 saturated heterocycles. The molecule has 0 fully saturated rings. The molecule has 0 bridgehead atoms. The molecule has 3 amide bonds. The predicted molar refractivity (Wildman–Crippen MR) is 114 cm³/mol. The number of hydrogen-bond acceptors (Lipinski definition) is 6. The Morgan fingerprint density at radius 3 is 2.48 bits per heavy atom. The fourth-order valence-corrected chi connectivity index (χ4v) is 3.00. The minimum absolute atomic E-state index is 0.0572. The van der Waals surface area contributed by atoms with Crippen molar-refractivity contribution < 1.29 is 18.9 Å². The monoisotopic (exact) mass is 418 g/mol. The van der Waals surface area contributed by atoms with E-state index in [0.29, 0.717) is 22.8 Å². The molecule has 29 heavy (non-hydrogen) atoms. The van der Waals surface area contributed by atoms with Gasteiger partial charge in [-0.1, -0.05) is 17.3 Å². The number of rotatable bonds is 7. The molecule has 2 aromatic rings. The Kier molecular flexibility index (Phi) is 7.44.